The Labute approximate surface area is 220 Å². The van der Waals surface area contributed by atoms with E-state index in [-0.39, 0.29) is 33.8 Å². The molecule has 0 radical (unpaired) electrons. The minimum Gasteiger partial charge on any atom is -0.429 e. The average Bonchev–Trinajstić information content (AvgIpc) is 3.68. The lowest BCUT2D eigenvalue weighted by Crippen LogP contribution is -2.34. The van der Waals surface area contributed by atoms with Crippen LogP contribution in [-0.4, -0.2) is 60.5 Å². The van der Waals surface area contributed by atoms with E-state index in [1.807, 2.05) is 4.90 Å². The van der Waals surface area contributed by atoms with E-state index in [2.05, 4.69) is 4.74 Å². The van der Waals surface area contributed by atoms with Gasteiger partial charge in [-0.05, 0) is 38.3 Å². The van der Waals surface area contributed by atoms with Crippen molar-refractivity contribution in [3.05, 3.63) is 38.6 Å². The monoisotopic (exact) mass is 593 g/mol. The summed E-state index contributed by atoms with van der Waals surface area (Å²) in [5, 5.41) is -3.46. The number of aryl methyl sites for hydroxylation is 1. The fourth-order valence-corrected chi connectivity index (χ4v) is 7.43. The zero-order chi connectivity index (χ0) is 28.2. The molecule has 1 aromatic heterocycles. The summed E-state index contributed by atoms with van der Waals surface area (Å²) >= 11 is 6.86. The molecule has 0 bridgehead atoms. The van der Waals surface area contributed by atoms with E-state index in [0.29, 0.717) is 31.3 Å². The van der Waals surface area contributed by atoms with Crippen molar-refractivity contribution in [1.82, 2.24) is 4.57 Å². The van der Waals surface area contributed by atoms with Crippen LogP contribution in [0.5, 0.6) is 0 Å². The third-order valence-electron chi connectivity index (χ3n) is 7.96. The second-order valence-corrected chi connectivity index (χ2v) is 15.2. The summed E-state index contributed by atoms with van der Waals surface area (Å²) < 4.78 is 44.0. The van der Waals surface area contributed by atoms with Gasteiger partial charge in [-0.1, -0.05) is 11.6 Å². The minimum absolute atomic E-state index is 0.0167. The van der Waals surface area contributed by atoms with Gasteiger partial charge in [0, 0.05) is 42.6 Å². The molecule has 0 amide bonds. The standard InChI is InChI=1S/C22H27ClFN3O9P2/c1-10-5-11-18(16(23)17(10)26-8-15(25)22(9-26)3-4-22)27(14-6-13(14)24)7-12(19(11)28)20(29)36-21(2,37(30,31)32)38(33,34)35/h5,7,13-15H,3-4,6,8-9,25H2,1-2H3,(H2,30,31,32)(H2,33,34,35)/t13-,14?,15+/m0/s1. The lowest BCUT2D eigenvalue weighted by molar-refractivity contribution is 0.0282. The number of halogens is 2. The number of pyridine rings is 1. The SMILES string of the molecule is Cc1cc2c(=O)c(C(=O)OC(C)(P(=O)(O)O)P(=O)(O)O)cn(C3C[C@@H]3F)c2c(Cl)c1N1C[C@@H](N)C2(CC2)C1. The van der Waals surface area contributed by atoms with Crippen molar-refractivity contribution >= 4 is 49.4 Å². The second-order valence-electron chi connectivity index (χ2n) is 10.6. The van der Waals surface area contributed by atoms with Gasteiger partial charge in [-0.15, -0.1) is 0 Å². The molecule has 12 nitrogen and oxygen atoms in total. The van der Waals surface area contributed by atoms with Gasteiger partial charge >= 0.3 is 26.2 Å². The van der Waals surface area contributed by atoms with E-state index >= 15 is 0 Å². The van der Waals surface area contributed by atoms with Crippen LogP contribution >= 0.6 is 26.8 Å². The number of rotatable bonds is 6. The van der Waals surface area contributed by atoms with Crippen LogP contribution in [0.25, 0.3) is 10.9 Å². The van der Waals surface area contributed by atoms with E-state index in [9.17, 15) is 42.7 Å². The van der Waals surface area contributed by atoms with Crippen LogP contribution in [0.1, 0.15) is 48.1 Å². The average molecular weight is 594 g/mol. The van der Waals surface area contributed by atoms with Crippen LogP contribution in [-0.2, 0) is 13.9 Å². The fourth-order valence-electron chi connectivity index (χ4n) is 5.20. The van der Waals surface area contributed by atoms with Gasteiger partial charge in [-0.3, -0.25) is 13.9 Å². The minimum atomic E-state index is -5.73. The first-order valence-corrected chi connectivity index (χ1v) is 15.4. The summed E-state index contributed by atoms with van der Waals surface area (Å²) in [6, 6.07) is 0.642. The van der Waals surface area contributed by atoms with Crippen LogP contribution < -0.4 is 16.1 Å². The maximum Gasteiger partial charge on any atom is 0.381 e. The molecule has 208 valence electrons. The first-order chi connectivity index (χ1) is 17.4. The number of alkyl halides is 1. The highest BCUT2D eigenvalue weighted by Gasteiger charge is 2.60. The van der Waals surface area contributed by atoms with Crippen molar-refractivity contribution in [3.63, 3.8) is 0 Å². The third-order valence-corrected chi connectivity index (χ3v) is 12.2. The van der Waals surface area contributed by atoms with E-state index in [4.69, 9.17) is 17.3 Å². The van der Waals surface area contributed by atoms with Crippen LogP contribution in [0.4, 0.5) is 10.1 Å². The summed E-state index contributed by atoms with van der Waals surface area (Å²) in [7, 11) is -11.5. The van der Waals surface area contributed by atoms with Crippen molar-refractivity contribution in [2.45, 2.75) is 56.4 Å². The van der Waals surface area contributed by atoms with Crippen LogP contribution in [0.3, 0.4) is 0 Å². The van der Waals surface area contributed by atoms with Gasteiger partial charge in [0.1, 0.15) is 11.7 Å². The van der Waals surface area contributed by atoms with Gasteiger partial charge in [0.25, 0.3) is 0 Å². The van der Waals surface area contributed by atoms with Gasteiger partial charge in [0.05, 0.1) is 22.3 Å². The number of nitrogens with zero attached hydrogens (tertiary/aromatic N) is 2. The maximum atomic E-state index is 14.3. The smallest absolute Gasteiger partial charge is 0.381 e. The number of carbonyl (C=O) groups is 1. The molecule has 2 saturated carbocycles. The molecule has 1 aromatic carbocycles. The Bertz CT molecular complexity index is 1510. The molecule has 3 aliphatic rings. The van der Waals surface area contributed by atoms with Crippen molar-refractivity contribution in [2.24, 2.45) is 11.1 Å². The first kappa shape index (κ1) is 27.7. The molecule has 3 fully saturated rings. The Hall–Kier alpha value is -1.82. The van der Waals surface area contributed by atoms with Crippen molar-refractivity contribution in [3.8, 4) is 0 Å². The van der Waals surface area contributed by atoms with Crippen LogP contribution in [0, 0.1) is 12.3 Å². The number of fused-ring (bicyclic) bond motifs is 1. The Balaban J connectivity index is 1.66. The molecule has 1 unspecified atom stereocenters. The molecule has 1 aliphatic heterocycles. The lowest BCUT2D eigenvalue weighted by atomic mass is 10.0. The Morgan fingerprint density at radius 1 is 1.26 bits per heavy atom. The van der Waals surface area contributed by atoms with Gasteiger partial charge in [0.15, 0.2) is 0 Å². The number of benzene rings is 1. The summed E-state index contributed by atoms with van der Waals surface area (Å²) in [5.74, 6) is -1.69. The molecule has 16 heteroatoms. The fraction of sp³-hybridized carbons (Fsp3) is 0.545. The Morgan fingerprint density at radius 3 is 2.32 bits per heavy atom. The summed E-state index contributed by atoms with van der Waals surface area (Å²) in [5.41, 5.74) is 6.02. The van der Waals surface area contributed by atoms with Gasteiger partial charge in [-0.25, -0.2) is 9.18 Å². The molecule has 6 N–H and O–H groups in total. The molecular formula is C22H27ClFN3O9P2. The van der Waals surface area contributed by atoms with Crippen LogP contribution in [0.15, 0.2) is 17.1 Å². The van der Waals surface area contributed by atoms with Crippen LogP contribution in [0.2, 0.25) is 5.02 Å². The van der Waals surface area contributed by atoms with Crippen molar-refractivity contribution in [1.29, 1.82) is 0 Å². The molecule has 2 heterocycles. The Morgan fingerprint density at radius 2 is 1.84 bits per heavy atom. The topological polar surface area (TPSA) is 193 Å². The second kappa shape index (κ2) is 8.59. The molecule has 1 saturated heterocycles. The van der Waals surface area contributed by atoms with Gasteiger partial charge in [0.2, 0.25) is 5.43 Å². The molecule has 2 aliphatic carbocycles. The predicted octanol–water partition coefficient (Wildman–Crippen LogP) is 2.36. The number of esters is 1. The number of aromatic nitrogens is 1. The quantitative estimate of drug-likeness (QED) is 0.244. The zero-order valence-corrected chi connectivity index (χ0v) is 22.9. The highest BCUT2D eigenvalue weighted by molar-refractivity contribution is 7.72. The molecule has 38 heavy (non-hydrogen) atoms. The van der Waals surface area contributed by atoms with Crippen molar-refractivity contribution in [2.75, 3.05) is 18.0 Å². The number of carbonyl (C=O) groups excluding carboxylic acids is 1. The van der Waals surface area contributed by atoms with Gasteiger partial charge < -0.3 is 39.5 Å². The number of hydrogen-bond donors (Lipinski definition) is 5. The summed E-state index contributed by atoms with van der Waals surface area (Å²) in [6.45, 7) is 3.31. The van der Waals surface area contributed by atoms with Crippen molar-refractivity contribution < 1.29 is 42.6 Å². The lowest BCUT2D eigenvalue weighted by Gasteiger charge is -2.30. The predicted molar refractivity (Wildman–Crippen MR) is 136 cm³/mol. The van der Waals surface area contributed by atoms with E-state index in [0.717, 1.165) is 19.0 Å². The maximum absolute atomic E-state index is 14.3. The highest BCUT2D eigenvalue weighted by atomic mass is 35.5. The van der Waals surface area contributed by atoms with Gasteiger partial charge in [-0.2, -0.15) is 0 Å². The highest BCUT2D eigenvalue weighted by Crippen LogP contribution is 2.69. The van der Waals surface area contributed by atoms with E-state index in [1.54, 1.807) is 6.92 Å². The zero-order valence-electron chi connectivity index (χ0n) is 20.4. The van der Waals surface area contributed by atoms with E-state index < -0.39 is 49.4 Å². The normalized spacial score (nSPS) is 24.8. The molecule has 3 atom stereocenters. The first-order valence-electron chi connectivity index (χ1n) is 11.8. The molecule has 2 aromatic rings. The summed E-state index contributed by atoms with van der Waals surface area (Å²) in [4.78, 5) is 66.6. The molecule has 1 spiro atoms. The number of ether oxygens (including phenoxy) is 1. The molecular weight excluding hydrogens is 567 g/mol. The Kier molecular flexibility index (Phi) is 6.27. The third kappa shape index (κ3) is 4.15. The molecule has 5 rings (SSSR count). The number of nitrogens with two attached hydrogens (primary N) is 1. The largest absolute Gasteiger partial charge is 0.429 e. The summed E-state index contributed by atoms with van der Waals surface area (Å²) in [6.07, 6.45) is 1.71. The number of hydrogen-bond acceptors (Lipinski definition) is 7. The van der Waals surface area contributed by atoms with E-state index in [1.165, 1.54) is 10.6 Å². The number of anilines is 1.